The second-order valence-electron chi connectivity index (χ2n) is 10.1. The fourth-order valence-corrected chi connectivity index (χ4v) is 5.46. The third-order valence-electron chi connectivity index (χ3n) is 7.54. The zero-order valence-corrected chi connectivity index (χ0v) is 21.2. The molecular formula is C27H32N6O4. The van der Waals surface area contributed by atoms with Crippen molar-refractivity contribution in [1.82, 2.24) is 20.1 Å². The Hall–Kier alpha value is -3.82. The zero-order chi connectivity index (χ0) is 25.9. The minimum Gasteiger partial charge on any atom is -0.481 e. The molecule has 2 unspecified atom stereocenters. The molecule has 3 aromatic heterocycles. The van der Waals surface area contributed by atoms with Gasteiger partial charge in [0, 0.05) is 12.1 Å². The van der Waals surface area contributed by atoms with Crippen molar-refractivity contribution in [1.29, 1.82) is 0 Å². The predicted molar refractivity (Wildman–Crippen MR) is 137 cm³/mol. The molecule has 2 fully saturated rings. The summed E-state index contributed by atoms with van der Waals surface area (Å²) < 4.78 is 5.62. The molecule has 2 aliphatic carbocycles. The minimum absolute atomic E-state index is 0.275. The van der Waals surface area contributed by atoms with Crippen molar-refractivity contribution in [2.24, 2.45) is 11.8 Å². The Morgan fingerprint density at radius 1 is 0.946 bits per heavy atom. The molecule has 10 nitrogen and oxygen atoms in total. The Kier molecular flexibility index (Phi) is 7.16. The van der Waals surface area contributed by atoms with Crippen molar-refractivity contribution >= 4 is 29.1 Å². The molecule has 2 saturated carbocycles. The zero-order valence-electron chi connectivity index (χ0n) is 21.2. The van der Waals surface area contributed by atoms with Crippen molar-refractivity contribution in [3.05, 3.63) is 41.6 Å². The van der Waals surface area contributed by atoms with Gasteiger partial charge in [-0.2, -0.15) is 0 Å². The van der Waals surface area contributed by atoms with Crippen molar-refractivity contribution in [2.45, 2.75) is 71.1 Å². The highest BCUT2D eigenvalue weighted by Gasteiger charge is 2.36. The normalized spacial score (nSPS) is 20.1. The number of carbonyl (C=O) groups is 2. The molecule has 194 valence electrons. The number of rotatable bonds is 7. The molecule has 0 bridgehead atoms. The van der Waals surface area contributed by atoms with Gasteiger partial charge >= 0.3 is 5.97 Å². The summed E-state index contributed by atoms with van der Waals surface area (Å²) in [6.45, 7) is 3.63. The Bertz CT molecular complexity index is 1300. The SMILES string of the molecule is Cc1nc(-c2onc(C)c2Nc2cncc(C3CCCC3)n2)ccc1NC(=O)C1CCCCC1C(=O)O. The number of pyridine rings is 1. The summed E-state index contributed by atoms with van der Waals surface area (Å²) in [5.74, 6) is -0.847. The third kappa shape index (κ3) is 5.33. The summed E-state index contributed by atoms with van der Waals surface area (Å²) in [6, 6.07) is 3.51. The van der Waals surface area contributed by atoms with Crippen molar-refractivity contribution in [3.63, 3.8) is 0 Å². The van der Waals surface area contributed by atoms with Crippen LogP contribution in [0.1, 0.15) is 74.4 Å². The molecule has 0 spiro atoms. The molecule has 0 saturated heterocycles. The van der Waals surface area contributed by atoms with E-state index in [0.717, 1.165) is 31.4 Å². The first-order chi connectivity index (χ1) is 17.9. The van der Waals surface area contributed by atoms with Crippen LogP contribution in [0.15, 0.2) is 29.0 Å². The summed E-state index contributed by atoms with van der Waals surface area (Å²) in [7, 11) is 0. The fraction of sp³-hybridized carbons (Fsp3) is 0.481. The van der Waals surface area contributed by atoms with Crippen LogP contribution in [0.25, 0.3) is 11.5 Å². The molecule has 3 heterocycles. The molecule has 0 aliphatic heterocycles. The van der Waals surface area contributed by atoms with E-state index in [2.05, 4.69) is 25.8 Å². The van der Waals surface area contributed by atoms with Crippen LogP contribution < -0.4 is 10.6 Å². The molecular weight excluding hydrogens is 472 g/mol. The van der Waals surface area contributed by atoms with Crippen molar-refractivity contribution in [2.75, 3.05) is 10.6 Å². The molecule has 3 N–H and O–H groups in total. The molecule has 37 heavy (non-hydrogen) atoms. The van der Waals surface area contributed by atoms with Gasteiger partial charge in [0.15, 0.2) is 0 Å². The maximum atomic E-state index is 12.9. The number of nitrogens with one attached hydrogen (secondary N) is 2. The maximum Gasteiger partial charge on any atom is 0.307 e. The van der Waals surface area contributed by atoms with Gasteiger partial charge in [-0.25, -0.2) is 9.97 Å². The van der Waals surface area contributed by atoms with E-state index in [1.54, 1.807) is 25.3 Å². The number of aryl methyl sites for hydroxylation is 2. The van der Waals surface area contributed by atoms with Crippen molar-refractivity contribution < 1.29 is 19.2 Å². The highest BCUT2D eigenvalue weighted by Crippen LogP contribution is 2.36. The van der Waals surface area contributed by atoms with E-state index in [-0.39, 0.29) is 5.91 Å². The van der Waals surface area contributed by atoms with Crippen LogP contribution in [0.4, 0.5) is 17.2 Å². The van der Waals surface area contributed by atoms with Crippen LogP contribution in [0.2, 0.25) is 0 Å². The van der Waals surface area contributed by atoms with Gasteiger partial charge in [-0.1, -0.05) is 30.8 Å². The Morgan fingerprint density at radius 3 is 2.41 bits per heavy atom. The lowest BCUT2D eigenvalue weighted by molar-refractivity contribution is -0.147. The molecule has 2 aliphatic rings. The van der Waals surface area contributed by atoms with Gasteiger partial charge in [-0.15, -0.1) is 0 Å². The van der Waals surface area contributed by atoms with E-state index in [1.165, 1.54) is 12.8 Å². The lowest BCUT2D eigenvalue weighted by Crippen LogP contribution is -2.36. The number of aromatic nitrogens is 4. The molecule has 2 atom stereocenters. The summed E-state index contributed by atoms with van der Waals surface area (Å²) in [5.41, 5.74) is 4.01. The quantitative estimate of drug-likeness (QED) is 0.386. The Morgan fingerprint density at radius 2 is 1.68 bits per heavy atom. The number of amides is 1. The predicted octanol–water partition coefficient (Wildman–Crippen LogP) is 5.37. The van der Waals surface area contributed by atoms with Crippen LogP contribution in [0, 0.1) is 25.7 Å². The van der Waals surface area contributed by atoms with Gasteiger partial charge in [0.25, 0.3) is 0 Å². The number of nitrogens with zero attached hydrogens (tertiary/aromatic N) is 4. The monoisotopic (exact) mass is 504 g/mol. The van der Waals surface area contributed by atoms with Gasteiger partial charge in [0.1, 0.15) is 22.9 Å². The first-order valence-electron chi connectivity index (χ1n) is 13.0. The number of hydrogen-bond acceptors (Lipinski definition) is 8. The summed E-state index contributed by atoms with van der Waals surface area (Å²) in [4.78, 5) is 38.3. The van der Waals surface area contributed by atoms with E-state index >= 15 is 0 Å². The number of carbonyl (C=O) groups excluding carboxylic acids is 1. The van der Waals surface area contributed by atoms with Crippen molar-refractivity contribution in [3.8, 4) is 11.5 Å². The highest BCUT2D eigenvalue weighted by molar-refractivity contribution is 5.95. The third-order valence-corrected chi connectivity index (χ3v) is 7.54. The first kappa shape index (κ1) is 24.9. The Balaban J connectivity index is 1.34. The van der Waals surface area contributed by atoms with E-state index in [9.17, 15) is 14.7 Å². The van der Waals surface area contributed by atoms with Crippen LogP contribution in [0.3, 0.4) is 0 Å². The van der Waals surface area contributed by atoms with Crippen LogP contribution in [-0.2, 0) is 9.59 Å². The van der Waals surface area contributed by atoms with Gasteiger partial charge < -0.3 is 20.3 Å². The molecule has 1 amide bonds. The van der Waals surface area contributed by atoms with Crippen LogP contribution >= 0.6 is 0 Å². The minimum atomic E-state index is -0.913. The standard InChI is InChI=1S/C27H32N6O4/c1-15-20(31-26(34)18-9-5-6-10-19(18)27(35)36)11-12-21(29-15)25-24(16(2)33-37-25)32-23-14-28-13-22(30-23)17-7-3-4-8-17/h11-14,17-19H,3-10H2,1-2H3,(H,30,32)(H,31,34)(H,35,36). The van der Waals surface area contributed by atoms with Crippen LogP contribution in [-0.4, -0.2) is 37.1 Å². The number of aliphatic carboxylic acids is 1. The van der Waals surface area contributed by atoms with E-state index < -0.39 is 17.8 Å². The number of hydrogen-bond donors (Lipinski definition) is 3. The topological polar surface area (TPSA) is 143 Å². The Labute approximate surface area is 215 Å². The average Bonchev–Trinajstić information content (AvgIpc) is 3.56. The lowest BCUT2D eigenvalue weighted by atomic mass is 9.78. The smallest absolute Gasteiger partial charge is 0.307 e. The summed E-state index contributed by atoms with van der Waals surface area (Å²) in [5, 5.41) is 19.8. The second-order valence-corrected chi connectivity index (χ2v) is 10.1. The number of carboxylic acids is 1. The highest BCUT2D eigenvalue weighted by atomic mass is 16.5. The largest absolute Gasteiger partial charge is 0.481 e. The molecule has 5 rings (SSSR count). The molecule has 0 radical (unpaired) electrons. The number of anilines is 3. The maximum absolute atomic E-state index is 12.9. The van der Waals surface area contributed by atoms with E-state index in [0.29, 0.717) is 58.8 Å². The van der Waals surface area contributed by atoms with Gasteiger partial charge in [0.05, 0.1) is 35.1 Å². The molecule has 3 aromatic rings. The van der Waals surface area contributed by atoms with Gasteiger partial charge in [-0.05, 0) is 51.7 Å². The summed E-state index contributed by atoms with van der Waals surface area (Å²) in [6.07, 6.45) is 11.0. The summed E-state index contributed by atoms with van der Waals surface area (Å²) >= 11 is 0. The average molecular weight is 505 g/mol. The van der Waals surface area contributed by atoms with Gasteiger partial charge in [0.2, 0.25) is 11.7 Å². The lowest BCUT2D eigenvalue weighted by Gasteiger charge is -2.27. The van der Waals surface area contributed by atoms with E-state index in [1.807, 2.05) is 13.1 Å². The van der Waals surface area contributed by atoms with Crippen LogP contribution in [0.5, 0.6) is 0 Å². The molecule has 10 heteroatoms. The molecule has 0 aromatic carbocycles. The van der Waals surface area contributed by atoms with E-state index in [4.69, 9.17) is 9.51 Å². The first-order valence-corrected chi connectivity index (χ1v) is 13.0. The van der Waals surface area contributed by atoms with Gasteiger partial charge in [-0.3, -0.25) is 14.6 Å². The second kappa shape index (κ2) is 10.7. The number of carboxylic acid groups (broad SMARTS) is 1. The fourth-order valence-electron chi connectivity index (χ4n) is 5.46.